The smallest absolute Gasteiger partial charge is 0.221 e. The molecule has 0 unspecified atom stereocenters. The van der Waals surface area contributed by atoms with Crippen LogP contribution in [0.1, 0.15) is 25.0 Å². The summed E-state index contributed by atoms with van der Waals surface area (Å²) in [7, 11) is 1.58. The number of nitrogens with one attached hydrogen (secondary N) is 1. The Morgan fingerprint density at radius 1 is 1.20 bits per heavy atom. The van der Waals surface area contributed by atoms with E-state index in [0.29, 0.717) is 29.4 Å². The number of carbonyl (C=O) groups excluding carboxylic acids is 1. The van der Waals surface area contributed by atoms with Crippen LogP contribution in [0, 0.1) is 11.3 Å². The van der Waals surface area contributed by atoms with E-state index >= 15 is 0 Å². The second-order valence-electron chi connectivity index (χ2n) is 5.27. The Bertz CT molecular complexity index is 818. The maximum atomic E-state index is 11.1. The molecule has 1 amide bonds. The molecule has 0 radical (unpaired) electrons. The standard InChI is InChI=1S/C20H20N2O3/c1-4-25-20-12-16(7-10-19(20)24-3)17(13-21)11-15-5-8-18(9-6-15)22-14(2)23/h5-12H,4H2,1-3H3,(H,22,23). The number of anilines is 1. The van der Waals surface area contributed by atoms with Gasteiger partial charge in [-0.2, -0.15) is 5.26 Å². The summed E-state index contributed by atoms with van der Waals surface area (Å²) in [6.45, 7) is 3.86. The second kappa shape index (κ2) is 8.55. The lowest BCUT2D eigenvalue weighted by Crippen LogP contribution is -2.05. The van der Waals surface area contributed by atoms with E-state index in [-0.39, 0.29) is 5.91 Å². The summed E-state index contributed by atoms with van der Waals surface area (Å²) in [5.41, 5.74) is 2.83. The Balaban J connectivity index is 2.32. The number of rotatable bonds is 6. The Morgan fingerprint density at radius 3 is 2.48 bits per heavy atom. The van der Waals surface area contributed by atoms with E-state index in [2.05, 4.69) is 11.4 Å². The molecule has 0 aliphatic rings. The first-order valence-electron chi connectivity index (χ1n) is 7.88. The van der Waals surface area contributed by atoms with Crippen molar-refractivity contribution >= 4 is 23.2 Å². The first-order chi connectivity index (χ1) is 12.1. The third kappa shape index (κ3) is 4.85. The van der Waals surface area contributed by atoms with E-state index < -0.39 is 0 Å². The van der Waals surface area contributed by atoms with Crippen LogP contribution in [0.3, 0.4) is 0 Å². The van der Waals surface area contributed by atoms with Crippen LogP contribution < -0.4 is 14.8 Å². The van der Waals surface area contributed by atoms with Gasteiger partial charge in [-0.15, -0.1) is 0 Å². The predicted octanol–water partition coefficient (Wildman–Crippen LogP) is 4.12. The number of allylic oxidation sites excluding steroid dienone is 1. The average molecular weight is 336 g/mol. The van der Waals surface area contributed by atoms with Gasteiger partial charge in [0.2, 0.25) is 5.91 Å². The molecular weight excluding hydrogens is 316 g/mol. The SMILES string of the molecule is CCOc1cc(C(C#N)=Cc2ccc(NC(C)=O)cc2)ccc1OC. The summed E-state index contributed by atoms with van der Waals surface area (Å²) < 4.78 is 10.8. The molecule has 0 fully saturated rings. The highest BCUT2D eigenvalue weighted by molar-refractivity contribution is 5.91. The van der Waals surface area contributed by atoms with Crippen molar-refractivity contribution in [3.8, 4) is 17.6 Å². The monoisotopic (exact) mass is 336 g/mol. The molecule has 0 aliphatic heterocycles. The molecule has 0 saturated heterocycles. The van der Waals surface area contributed by atoms with Crippen LogP contribution in [0.4, 0.5) is 5.69 Å². The molecule has 0 aromatic heterocycles. The number of nitriles is 1. The first-order valence-corrected chi connectivity index (χ1v) is 7.88. The number of ether oxygens (including phenoxy) is 2. The molecule has 0 spiro atoms. The van der Waals surface area contributed by atoms with Gasteiger partial charge in [0, 0.05) is 12.6 Å². The van der Waals surface area contributed by atoms with E-state index in [1.54, 1.807) is 37.5 Å². The molecule has 5 heteroatoms. The predicted molar refractivity (Wildman–Crippen MR) is 98.4 cm³/mol. The molecule has 1 N–H and O–H groups in total. The normalized spacial score (nSPS) is 10.7. The van der Waals surface area contributed by atoms with Gasteiger partial charge in [-0.05, 0) is 54.5 Å². The molecule has 0 atom stereocenters. The minimum Gasteiger partial charge on any atom is -0.493 e. The quantitative estimate of drug-likeness (QED) is 0.636. The van der Waals surface area contributed by atoms with E-state index in [4.69, 9.17) is 9.47 Å². The van der Waals surface area contributed by atoms with Crippen molar-refractivity contribution < 1.29 is 14.3 Å². The molecule has 25 heavy (non-hydrogen) atoms. The summed E-state index contributed by atoms with van der Waals surface area (Å²) in [6.07, 6.45) is 1.79. The van der Waals surface area contributed by atoms with Crippen molar-refractivity contribution in [2.75, 3.05) is 19.0 Å². The Labute approximate surface area is 147 Å². The van der Waals surface area contributed by atoms with Gasteiger partial charge in [-0.25, -0.2) is 0 Å². The summed E-state index contributed by atoms with van der Waals surface area (Å²) in [5, 5.41) is 12.2. The molecule has 2 rings (SSSR count). The molecule has 128 valence electrons. The number of hydrogen-bond donors (Lipinski definition) is 1. The van der Waals surface area contributed by atoms with Gasteiger partial charge >= 0.3 is 0 Å². The Hall–Kier alpha value is -3.26. The van der Waals surface area contributed by atoms with Crippen LogP contribution in [0.25, 0.3) is 11.6 Å². The van der Waals surface area contributed by atoms with Crippen LogP contribution in [0.15, 0.2) is 42.5 Å². The summed E-state index contributed by atoms with van der Waals surface area (Å²) in [4.78, 5) is 11.1. The van der Waals surface area contributed by atoms with Crippen LogP contribution in [0.5, 0.6) is 11.5 Å². The summed E-state index contributed by atoms with van der Waals surface area (Å²) in [6, 6.07) is 14.9. The van der Waals surface area contributed by atoms with Gasteiger partial charge in [-0.3, -0.25) is 4.79 Å². The van der Waals surface area contributed by atoms with Gasteiger partial charge in [0.25, 0.3) is 0 Å². The average Bonchev–Trinajstić information content (AvgIpc) is 2.61. The number of carbonyl (C=O) groups is 1. The fraction of sp³-hybridized carbons (Fsp3) is 0.200. The molecule has 0 aliphatic carbocycles. The molecular formula is C20H20N2O3. The van der Waals surface area contributed by atoms with Gasteiger partial charge < -0.3 is 14.8 Å². The minimum atomic E-state index is -0.123. The van der Waals surface area contributed by atoms with Gasteiger partial charge in [0.1, 0.15) is 0 Å². The molecule has 0 bridgehead atoms. The van der Waals surface area contributed by atoms with Gasteiger partial charge in [-0.1, -0.05) is 12.1 Å². The second-order valence-corrected chi connectivity index (χ2v) is 5.27. The van der Waals surface area contributed by atoms with Crippen LogP contribution in [-0.4, -0.2) is 19.6 Å². The maximum Gasteiger partial charge on any atom is 0.221 e. The first kappa shape index (κ1) is 18.1. The fourth-order valence-corrected chi connectivity index (χ4v) is 2.33. The molecule has 5 nitrogen and oxygen atoms in total. The lowest BCUT2D eigenvalue weighted by atomic mass is 10.0. The van der Waals surface area contributed by atoms with E-state index in [1.165, 1.54) is 6.92 Å². The number of methoxy groups -OCH3 is 1. The molecule has 2 aromatic rings. The minimum absolute atomic E-state index is 0.123. The topological polar surface area (TPSA) is 71.3 Å². The zero-order valence-corrected chi connectivity index (χ0v) is 14.5. The van der Waals surface area contributed by atoms with Crippen molar-refractivity contribution in [2.24, 2.45) is 0 Å². The molecule has 2 aromatic carbocycles. The number of benzene rings is 2. The third-order valence-electron chi connectivity index (χ3n) is 3.44. The number of nitrogens with zero attached hydrogens (tertiary/aromatic N) is 1. The van der Waals surface area contributed by atoms with Crippen molar-refractivity contribution in [1.82, 2.24) is 0 Å². The zero-order valence-electron chi connectivity index (χ0n) is 14.5. The van der Waals surface area contributed by atoms with E-state index in [9.17, 15) is 10.1 Å². The number of amides is 1. The largest absolute Gasteiger partial charge is 0.493 e. The highest BCUT2D eigenvalue weighted by Gasteiger charge is 2.09. The van der Waals surface area contributed by atoms with Crippen molar-refractivity contribution in [3.63, 3.8) is 0 Å². The fourth-order valence-electron chi connectivity index (χ4n) is 2.33. The van der Waals surface area contributed by atoms with E-state index in [1.807, 2.05) is 25.1 Å². The zero-order chi connectivity index (χ0) is 18.2. The molecule has 0 saturated carbocycles. The Kier molecular flexibility index (Phi) is 6.19. The summed E-state index contributed by atoms with van der Waals surface area (Å²) >= 11 is 0. The highest BCUT2D eigenvalue weighted by Crippen LogP contribution is 2.31. The van der Waals surface area contributed by atoms with Crippen LogP contribution >= 0.6 is 0 Å². The molecule has 0 heterocycles. The van der Waals surface area contributed by atoms with Crippen LogP contribution in [-0.2, 0) is 4.79 Å². The lowest BCUT2D eigenvalue weighted by molar-refractivity contribution is -0.114. The van der Waals surface area contributed by atoms with Crippen molar-refractivity contribution in [1.29, 1.82) is 5.26 Å². The third-order valence-corrected chi connectivity index (χ3v) is 3.44. The summed E-state index contributed by atoms with van der Waals surface area (Å²) in [5.74, 6) is 1.11. The maximum absolute atomic E-state index is 11.1. The van der Waals surface area contributed by atoms with E-state index in [0.717, 1.165) is 11.1 Å². The number of hydrogen-bond acceptors (Lipinski definition) is 4. The Morgan fingerprint density at radius 2 is 1.92 bits per heavy atom. The van der Waals surface area contributed by atoms with Gasteiger partial charge in [0.15, 0.2) is 11.5 Å². The van der Waals surface area contributed by atoms with Crippen molar-refractivity contribution in [3.05, 3.63) is 53.6 Å². The van der Waals surface area contributed by atoms with Crippen LogP contribution in [0.2, 0.25) is 0 Å². The highest BCUT2D eigenvalue weighted by atomic mass is 16.5. The lowest BCUT2D eigenvalue weighted by Gasteiger charge is -2.10. The van der Waals surface area contributed by atoms with Crippen molar-refractivity contribution in [2.45, 2.75) is 13.8 Å². The van der Waals surface area contributed by atoms with Gasteiger partial charge in [0.05, 0.1) is 25.4 Å².